The second-order valence-electron chi connectivity index (χ2n) is 6.61. The maximum absolute atomic E-state index is 4.53. The number of thioether (sulfide) groups is 1. The lowest BCUT2D eigenvalue weighted by Crippen LogP contribution is -2.02. The van der Waals surface area contributed by atoms with Crippen molar-refractivity contribution in [3.8, 4) is 22.5 Å². The van der Waals surface area contributed by atoms with E-state index in [1.54, 1.807) is 24.2 Å². The van der Waals surface area contributed by atoms with E-state index in [-0.39, 0.29) is 5.25 Å². The molecule has 0 bridgehead atoms. The van der Waals surface area contributed by atoms with Crippen LogP contribution < -0.4 is 0 Å². The van der Waals surface area contributed by atoms with Crippen molar-refractivity contribution in [1.29, 1.82) is 0 Å². The van der Waals surface area contributed by atoms with Crippen LogP contribution in [0, 0.1) is 0 Å². The molecule has 2 aromatic carbocycles. The lowest BCUT2D eigenvalue weighted by atomic mass is 10.1. The first-order chi connectivity index (χ1) is 13.9. The molecule has 4 nitrogen and oxygen atoms in total. The summed E-state index contributed by atoms with van der Waals surface area (Å²) in [6.45, 7) is 4.57. The number of pyridine rings is 1. The molecule has 4 aromatic rings. The van der Waals surface area contributed by atoms with Crippen molar-refractivity contribution in [1.82, 2.24) is 19.7 Å². The third-order valence-electron chi connectivity index (χ3n) is 4.97. The topological polar surface area (TPSA) is 43.6 Å². The second-order valence-corrected chi connectivity index (χ2v) is 7.69. The Balaban J connectivity index is 1.59. The van der Waals surface area contributed by atoms with Crippen molar-refractivity contribution in [3.63, 3.8) is 0 Å². The van der Waals surface area contributed by atoms with E-state index in [0.717, 1.165) is 16.5 Å². The smallest absolute Gasteiger partial charge is 0.192 e. The Bertz CT molecular complexity index is 1100. The summed E-state index contributed by atoms with van der Waals surface area (Å²) in [7, 11) is 0. The fraction of sp³-hybridized carbons (Fsp3) is 0.0870. The molecule has 28 heavy (non-hydrogen) atoms. The molecule has 2 aromatic heterocycles. The number of benzene rings is 2. The van der Waals surface area contributed by atoms with E-state index in [9.17, 15) is 0 Å². The van der Waals surface area contributed by atoms with E-state index in [4.69, 9.17) is 0 Å². The van der Waals surface area contributed by atoms with Crippen LogP contribution in [-0.2, 0) is 6.54 Å². The molecule has 5 rings (SSSR count). The Morgan fingerprint density at radius 3 is 2.18 bits per heavy atom. The predicted molar refractivity (Wildman–Crippen MR) is 113 cm³/mol. The van der Waals surface area contributed by atoms with Crippen LogP contribution in [-0.4, -0.2) is 19.7 Å². The van der Waals surface area contributed by atoms with E-state index < -0.39 is 0 Å². The number of allylic oxidation sites excluding steroid dienone is 1. The molecule has 0 radical (unpaired) electrons. The molecule has 1 aliphatic rings. The normalized spacial score (nSPS) is 12.6. The summed E-state index contributed by atoms with van der Waals surface area (Å²) in [5.74, 6) is 0.837. The molecular formula is C23H18N4S. The summed E-state index contributed by atoms with van der Waals surface area (Å²) in [6.07, 6.45) is 5.44. The Morgan fingerprint density at radius 1 is 0.893 bits per heavy atom. The maximum Gasteiger partial charge on any atom is 0.192 e. The predicted octanol–water partition coefficient (Wildman–Crippen LogP) is 5.39. The molecule has 0 spiro atoms. The van der Waals surface area contributed by atoms with E-state index in [1.165, 1.54) is 22.3 Å². The minimum Gasteiger partial charge on any atom is -0.298 e. The molecule has 0 unspecified atom stereocenters. The summed E-state index contributed by atoms with van der Waals surface area (Å²) in [5, 5.41) is 10.1. The molecule has 0 aliphatic heterocycles. The van der Waals surface area contributed by atoms with Gasteiger partial charge in [0.15, 0.2) is 11.0 Å². The quantitative estimate of drug-likeness (QED) is 0.434. The molecule has 0 N–H and O–H groups in total. The first-order valence-electron chi connectivity index (χ1n) is 9.16. The van der Waals surface area contributed by atoms with Gasteiger partial charge in [-0.25, -0.2) is 0 Å². The van der Waals surface area contributed by atoms with Crippen LogP contribution in [0.15, 0.2) is 90.9 Å². The molecule has 1 aliphatic carbocycles. The third-order valence-corrected chi connectivity index (χ3v) is 6.22. The van der Waals surface area contributed by atoms with Crippen LogP contribution in [0.2, 0.25) is 0 Å². The van der Waals surface area contributed by atoms with Crippen molar-refractivity contribution in [2.24, 2.45) is 0 Å². The third kappa shape index (κ3) is 2.75. The van der Waals surface area contributed by atoms with Gasteiger partial charge in [0, 0.05) is 24.5 Å². The van der Waals surface area contributed by atoms with Gasteiger partial charge in [-0.15, -0.1) is 16.8 Å². The Hall–Kier alpha value is -3.18. The average molecular weight is 382 g/mol. The van der Waals surface area contributed by atoms with Crippen molar-refractivity contribution in [2.45, 2.75) is 17.0 Å². The standard InChI is InChI=1S/C23H18N4S/c1-2-15-27-22(16-11-13-24-14-12-16)25-26-23(27)28-21-19-9-5-3-7-17(19)18-8-4-6-10-20(18)21/h2-14,21H,1,15H2. The van der Waals surface area contributed by atoms with Crippen LogP contribution in [0.5, 0.6) is 0 Å². The monoisotopic (exact) mass is 382 g/mol. The van der Waals surface area contributed by atoms with E-state index >= 15 is 0 Å². The summed E-state index contributed by atoms with van der Waals surface area (Å²) in [6, 6.07) is 21.2. The second kappa shape index (κ2) is 7.09. The molecule has 0 fully saturated rings. The van der Waals surface area contributed by atoms with Crippen LogP contribution in [0.3, 0.4) is 0 Å². The van der Waals surface area contributed by atoms with Crippen molar-refractivity contribution >= 4 is 11.8 Å². The molecule has 0 saturated carbocycles. The van der Waals surface area contributed by atoms with Gasteiger partial charge < -0.3 is 0 Å². The van der Waals surface area contributed by atoms with Crippen LogP contribution >= 0.6 is 11.8 Å². The first-order valence-corrected chi connectivity index (χ1v) is 10.0. The molecule has 0 amide bonds. The van der Waals surface area contributed by atoms with Crippen LogP contribution in [0.25, 0.3) is 22.5 Å². The summed E-state index contributed by atoms with van der Waals surface area (Å²) in [5.41, 5.74) is 6.27. The number of aromatic nitrogens is 4. The summed E-state index contributed by atoms with van der Waals surface area (Å²) in [4.78, 5) is 4.10. The number of hydrogen-bond acceptors (Lipinski definition) is 4. The Kier molecular flexibility index (Phi) is 4.29. The lowest BCUT2D eigenvalue weighted by molar-refractivity contribution is 0.730. The Morgan fingerprint density at radius 2 is 1.54 bits per heavy atom. The fourth-order valence-corrected chi connectivity index (χ4v) is 4.98. The highest BCUT2D eigenvalue weighted by Crippen LogP contribution is 2.51. The molecule has 0 saturated heterocycles. The number of fused-ring (bicyclic) bond motifs is 3. The minimum atomic E-state index is 0.199. The molecule has 136 valence electrons. The van der Waals surface area contributed by atoms with Gasteiger partial charge in [0.25, 0.3) is 0 Å². The van der Waals surface area contributed by atoms with Gasteiger partial charge >= 0.3 is 0 Å². The van der Waals surface area contributed by atoms with Crippen molar-refractivity contribution in [3.05, 3.63) is 96.8 Å². The SMILES string of the molecule is C=CCn1c(SC2c3ccccc3-c3ccccc32)nnc1-c1ccncc1. The van der Waals surface area contributed by atoms with Gasteiger partial charge in [-0.05, 0) is 34.4 Å². The zero-order valence-electron chi connectivity index (χ0n) is 15.2. The average Bonchev–Trinajstić information content (AvgIpc) is 3.29. The highest BCUT2D eigenvalue weighted by Gasteiger charge is 2.30. The Labute approximate surface area is 168 Å². The highest BCUT2D eigenvalue weighted by atomic mass is 32.2. The number of nitrogens with zero attached hydrogens (tertiary/aromatic N) is 4. The highest BCUT2D eigenvalue weighted by molar-refractivity contribution is 7.99. The van der Waals surface area contributed by atoms with Gasteiger partial charge in [0.05, 0.1) is 5.25 Å². The zero-order valence-corrected chi connectivity index (χ0v) is 16.0. The summed E-state index contributed by atoms with van der Waals surface area (Å²) < 4.78 is 2.12. The van der Waals surface area contributed by atoms with Crippen LogP contribution in [0.1, 0.15) is 16.4 Å². The van der Waals surface area contributed by atoms with Gasteiger partial charge in [-0.3, -0.25) is 9.55 Å². The fourth-order valence-electron chi connectivity index (χ4n) is 3.73. The molecule has 2 heterocycles. The summed E-state index contributed by atoms with van der Waals surface area (Å²) >= 11 is 1.74. The molecule has 5 heteroatoms. The van der Waals surface area contributed by atoms with Crippen molar-refractivity contribution < 1.29 is 0 Å². The number of rotatable bonds is 5. The number of hydrogen-bond donors (Lipinski definition) is 0. The maximum atomic E-state index is 4.53. The zero-order chi connectivity index (χ0) is 18.9. The van der Waals surface area contributed by atoms with E-state index in [0.29, 0.717) is 6.54 Å². The molecular weight excluding hydrogens is 364 g/mol. The van der Waals surface area contributed by atoms with Gasteiger partial charge in [-0.2, -0.15) is 0 Å². The van der Waals surface area contributed by atoms with Gasteiger partial charge in [0.2, 0.25) is 0 Å². The van der Waals surface area contributed by atoms with Gasteiger partial charge in [0.1, 0.15) is 0 Å². The van der Waals surface area contributed by atoms with Crippen LogP contribution in [0.4, 0.5) is 0 Å². The lowest BCUT2D eigenvalue weighted by Gasteiger charge is -2.14. The molecule has 0 atom stereocenters. The van der Waals surface area contributed by atoms with E-state index in [1.807, 2.05) is 18.2 Å². The largest absolute Gasteiger partial charge is 0.298 e. The van der Waals surface area contributed by atoms with Crippen molar-refractivity contribution in [2.75, 3.05) is 0 Å². The minimum absolute atomic E-state index is 0.199. The van der Waals surface area contributed by atoms with Gasteiger partial charge in [-0.1, -0.05) is 66.4 Å². The first kappa shape index (κ1) is 17.0. The van der Waals surface area contributed by atoms with E-state index in [2.05, 4.69) is 74.9 Å².